The van der Waals surface area contributed by atoms with Gasteiger partial charge in [0.05, 0.1) is 18.7 Å². The van der Waals surface area contributed by atoms with Crippen molar-refractivity contribution in [2.75, 3.05) is 12.4 Å². The van der Waals surface area contributed by atoms with Gasteiger partial charge in [-0.05, 0) is 30.0 Å². The molecule has 0 bridgehead atoms. The fourth-order valence-electron chi connectivity index (χ4n) is 2.00. The Bertz CT molecular complexity index is 555. The van der Waals surface area contributed by atoms with Crippen LogP contribution in [0.1, 0.15) is 41.0 Å². The lowest BCUT2D eigenvalue weighted by Gasteiger charge is -2.17. The second-order valence-corrected chi connectivity index (χ2v) is 5.40. The smallest absolute Gasteiger partial charge is 0.338 e. The topological polar surface area (TPSA) is 51.2 Å². The van der Waals surface area contributed by atoms with Gasteiger partial charge < -0.3 is 10.1 Å². The first kappa shape index (κ1) is 14.5. The van der Waals surface area contributed by atoms with E-state index in [-0.39, 0.29) is 12.0 Å². The molecule has 20 heavy (non-hydrogen) atoms. The van der Waals surface area contributed by atoms with Crippen LogP contribution in [0.15, 0.2) is 35.8 Å². The Morgan fingerprint density at radius 1 is 1.50 bits per heavy atom. The Morgan fingerprint density at radius 3 is 3.00 bits per heavy atom. The Morgan fingerprint density at radius 2 is 2.35 bits per heavy atom. The summed E-state index contributed by atoms with van der Waals surface area (Å²) in [5.41, 5.74) is 0.506. The first-order valence-corrected chi connectivity index (χ1v) is 7.47. The molecule has 0 fully saturated rings. The molecule has 0 aliphatic carbocycles. The van der Waals surface area contributed by atoms with Gasteiger partial charge in [-0.1, -0.05) is 19.4 Å². The second-order valence-electron chi connectivity index (χ2n) is 4.42. The molecule has 4 nitrogen and oxygen atoms in total. The predicted octanol–water partition coefficient (Wildman–Crippen LogP) is 3.88. The summed E-state index contributed by atoms with van der Waals surface area (Å²) in [5.74, 6) is 0.346. The maximum absolute atomic E-state index is 11.5. The minimum absolute atomic E-state index is 0.223. The summed E-state index contributed by atoms with van der Waals surface area (Å²) >= 11 is 1.72. The number of ether oxygens (including phenoxy) is 1. The van der Waals surface area contributed by atoms with Gasteiger partial charge in [-0.25, -0.2) is 9.78 Å². The lowest BCUT2D eigenvalue weighted by Crippen LogP contribution is -2.11. The van der Waals surface area contributed by atoms with Crippen LogP contribution >= 0.6 is 11.3 Å². The molecule has 0 saturated heterocycles. The van der Waals surface area contributed by atoms with E-state index in [9.17, 15) is 4.79 Å². The number of rotatable bonds is 6. The van der Waals surface area contributed by atoms with Crippen LogP contribution in [0.4, 0.5) is 5.82 Å². The molecule has 0 radical (unpaired) electrons. The molecule has 2 rings (SSSR count). The highest BCUT2D eigenvalue weighted by Gasteiger charge is 2.13. The average molecular weight is 290 g/mol. The Labute approximate surface area is 122 Å². The van der Waals surface area contributed by atoms with Crippen molar-refractivity contribution in [2.24, 2.45) is 0 Å². The largest absolute Gasteiger partial charge is 0.465 e. The molecule has 2 aromatic heterocycles. The third-order valence-corrected chi connectivity index (χ3v) is 3.95. The molecule has 1 atom stereocenters. The second kappa shape index (κ2) is 7.05. The van der Waals surface area contributed by atoms with E-state index >= 15 is 0 Å². The molecule has 106 valence electrons. The van der Waals surface area contributed by atoms with E-state index in [1.54, 1.807) is 29.7 Å². The molecule has 0 aliphatic heterocycles. The van der Waals surface area contributed by atoms with Crippen molar-refractivity contribution in [3.05, 3.63) is 46.3 Å². The van der Waals surface area contributed by atoms with Gasteiger partial charge in [0, 0.05) is 11.1 Å². The van der Waals surface area contributed by atoms with Crippen LogP contribution in [-0.2, 0) is 4.74 Å². The number of nitrogens with zero attached hydrogens (tertiary/aromatic N) is 1. The lowest BCUT2D eigenvalue weighted by atomic mass is 10.1. The number of esters is 1. The highest BCUT2D eigenvalue weighted by molar-refractivity contribution is 7.10. The van der Waals surface area contributed by atoms with E-state index in [0.29, 0.717) is 11.4 Å². The van der Waals surface area contributed by atoms with Crippen LogP contribution in [0.25, 0.3) is 0 Å². The summed E-state index contributed by atoms with van der Waals surface area (Å²) in [6.07, 6.45) is 3.71. The van der Waals surface area contributed by atoms with Gasteiger partial charge in [0.15, 0.2) is 0 Å². The van der Waals surface area contributed by atoms with Crippen LogP contribution in [0.3, 0.4) is 0 Å². The average Bonchev–Trinajstić information content (AvgIpc) is 3.00. The molecule has 1 unspecified atom stereocenters. The zero-order chi connectivity index (χ0) is 14.4. The van der Waals surface area contributed by atoms with Gasteiger partial charge in [-0.2, -0.15) is 0 Å². The third kappa shape index (κ3) is 3.57. The van der Waals surface area contributed by atoms with E-state index in [0.717, 1.165) is 12.8 Å². The van der Waals surface area contributed by atoms with Crippen molar-refractivity contribution in [3.63, 3.8) is 0 Å². The minimum atomic E-state index is -0.349. The van der Waals surface area contributed by atoms with Gasteiger partial charge in [-0.3, -0.25) is 0 Å². The quantitative estimate of drug-likeness (QED) is 0.820. The SMILES string of the molecule is CCCC(Nc1cc(C(=O)OC)ccn1)c1cccs1. The van der Waals surface area contributed by atoms with Gasteiger partial charge in [0.25, 0.3) is 0 Å². The molecule has 5 heteroatoms. The number of nitrogens with one attached hydrogen (secondary N) is 1. The van der Waals surface area contributed by atoms with Crippen LogP contribution in [0, 0.1) is 0 Å². The number of aromatic nitrogens is 1. The molecule has 0 amide bonds. The predicted molar refractivity (Wildman–Crippen MR) is 81.2 cm³/mol. The van der Waals surface area contributed by atoms with Crippen molar-refractivity contribution < 1.29 is 9.53 Å². The molecule has 0 aromatic carbocycles. The maximum atomic E-state index is 11.5. The molecule has 2 aromatic rings. The standard InChI is InChI=1S/C15H18N2O2S/c1-3-5-12(13-6-4-9-20-13)17-14-10-11(7-8-16-14)15(18)19-2/h4,6-10,12H,3,5H2,1-2H3,(H,16,17). The van der Waals surface area contributed by atoms with Crippen molar-refractivity contribution >= 4 is 23.1 Å². The number of anilines is 1. The molecular formula is C15H18N2O2S. The van der Waals surface area contributed by atoms with E-state index in [1.807, 2.05) is 6.07 Å². The highest BCUT2D eigenvalue weighted by Crippen LogP contribution is 2.26. The summed E-state index contributed by atoms with van der Waals surface area (Å²) < 4.78 is 4.72. The minimum Gasteiger partial charge on any atom is -0.465 e. The number of pyridine rings is 1. The van der Waals surface area contributed by atoms with Gasteiger partial charge in [0.2, 0.25) is 0 Å². The highest BCUT2D eigenvalue weighted by atomic mass is 32.1. The number of hydrogen-bond acceptors (Lipinski definition) is 5. The van der Waals surface area contributed by atoms with E-state index in [4.69, 9.17) is 4.74 Å². The fraction of sp³-hybridized carbons (Fsp3) is 0.333. The van der Waals surface area contributed by atoms with Crippen LogP contribution < -0.4 is 5.32 Å². The van der Waals surface area contributed by atoms with E-state index in [2.05, 4.69) is 28.7 Å². The first-order valence-electron chi connectivity index (χ1n) is 6.59. The molecule has 1 N–H and O–H groups in total. The maximum Gasteiger partial charge on any atom is 0.338 e. The van der Waals surface area contributed by atoms with Gasteiger partial charge in [-0.15, -0.1) is 11.3 Å². The molecule has 0 aliphatic rings. The van der Waals surface area contributed by atoms with E-state index < -0.39 is 0 Å². The van der Waals surface area contributed by atoms with Gasteiger partial charge >= 0.3 is 5.97 Å². The Kier molecular flexibility index (Phi) is 5.12. The summed E-state index contributed by atoms with van der Waals surface area (Å²) in [6.45, 7) is 2.15. The first-order chi connectivity index (χ1) is 9.74. The number of carbonyl (C=O) groups excluding carboxylic acids is 1. The van der Waals surface area contributed by atoms with Crippen molar-refractivity contribution in [1.29, 1.82) is 0 Å². The summed E-state index contributed by atoms with van der Waals surface area (Å²) in [6, 6.07) is 7.75. The van der Waals surface area contributed by atoms with Crippen LogP contribution in [-0.4, -0.2) is 18.1 Å². The fourth-order valence-corrected chi connectivity index (χ4v) is 2.81. The third-order valence-electron chi connectivity index (χ3n) is 2.97. The number of carbonyl (C=O) groups is 1. The van der Waals surface area contributed by atoms with Crippen molar-refractivity contribution in [2.45, 2.75) is 25.8 Å². The molecule has 2 heterocycles. The van der Waals surface area contributed by atoms with Crippen LogP contribution in [0.2, 0.25) is 0 Å². The number of methoxy groups -OCH3 is 1. The Hall–Kier alpha value is -1.88. The normalized spacial score (nSPS) is 11.9. The Balaban J connectivity index is 2.16. The van der Waals surface area contributed by atoms with Crippen molar-refractivity contribution in [1.82, 2.24) is 4.98 Å². The molecule has 0 spiro atoms. The van der Waals surface area contributed by atoms with Crippen molar-refractivity contribution in [3.8, 4) is 0 Å². The summed E-state index contributed by atoms with van der Waals surface area (Å²) in [7, 11) is 1.38. The number of hydrogen-bond donors (Lipinski definition) is 1. The molecular weight excluding hydrogens is 272 g/mol. The zero-order valence-electron chi connectivity index (χ0n) is 11.6. The number of thiophene rings is 1. The van der Waals surface area contributed by atoms with E-state index in [1.165, 1.54) is 12.0 Å². The zero-order valence-corrected chi connectivity index (χ0v) is 12.4. The molecule has 0 saturated carbocycles. The van der Waals surface area contributed by atoms with Gasteiger partial charge in [0.1, 0.15) is 5.82 Å². The summed E-state index contributed by atoms with van der Waals surface area (Å²) in [5, 5.41) is 5.46. The summed E-state index contributed by atoms with van der Waals surface area (Å²) in [4.78, 5) is 17.1. The lowest BCUT2D eigenvalue weighted by molar-refractivity contribution is 0.0600. The van der Waals surface area contributed by atoms with Crippen LogP contribution in [0.5, 0.6) is 0 Å². The monoisotopic (exact) mass is 290 g/mol.